The van der Waals surface area contributed by atoms with E-state index in [4.69, 9.17) is 0 Å². The number of rotatable bonds is 2. The first-order chi connectivity index (χ1) is 11.9. The number of benzene rings is 1. The van der Waals surface area contributed by atoms with Gasteiger partial charge in [-0.2, -0.15) is 0 Å². The number of sulfone groups is 1. The quantitative estimate of drug-likeness (QED) is 0.862. The van der Waals surface area contributed by atoms with E-state index in [1.807, 2.05) is 12.1 Å². The van der Waals surface area contributed by atoms with Crippen LogP contribution in [0.15, 0.2) is 35.2 Å². The Morgan fingerprint density at radius 3 is 2.64 bits per heavy atom. The molecule has 1 saturated carbocycles. The van der Waals surface area contributed by atoms with E-state index in [1.165, 1.54) is 11.3 Å². The van der Waals surface area contributed by atoms with Gasteiger partial charge in [-0.05, 0) is 49.3 Å². The summed E-state index contributed by atoms with van der Waals surface area (Å²) in [6.07, 6.45) is 4.35. The highest BCUT2D eigenvalue weighted by Gasteiger charge is 2.31. The van der Waals surface area contributed by atoms with Crippen molar-refractivity contribution in [3.05, 3.63) is 40.8 Å². The third kappa shape index (κ3) is 3.13. The number of fused-ring (bicyclic) bond motifs is 3. The van der Waals surface area contributed by atoms with Gasteiger partial charge in [-0.15, -0.1) is 11.3 Å². The summed E-state index contributed by atoms with van der Waals surface area (Å²) in [4.78, 5) is 14.5. The Morgan fingerprint density at radius 2 is 1.88 bits per heavy atom. The molecule has 4 rings (SSSR count). The van der Waals surface area contributed by atoms with Gasteiger partial charge >= 0.3 is 0 Å². The topological polar surface area (TPSA) is 63.2 Å². The fraction of sp³-hybridized carbons (Fsp3) is 0.421. The summed E-state index contributed by atoms with van der Waals surface area (Å²) in [5, 5.41) is 3.13. The van der Waals surface area contributed by atoms with E-state index >= 15 is 0 Å². The predicted octanol–water partition coefficient (Wildman–Crippen LogP) is 4.01. The molecule has 2 aliphatic rings. The first-order valence-electron chi connectivity index (χ1n) is 8.70. The zero-order chi connectivity index (χ0) is 17.6. The molecule has 25 heavy (non-hydrogen) atoms. The third-order valence-corrected chi connectivity index (χ3v) is 8.12. The summed E-state index contributed by atoms with van der Waals surface area (Å²) in [7, 11) is -3.33. The van der Waals surface area contributed by atoms with E-state index < -0.39 is 9.84 Å². The van der Waals surface area contributed by atoms with Crippen LogP contribution in [-0.4, -0.2) is 20.4 Å². The summed E-state index contributed by atoms with van der Waals surface area (Å²) < 4.78 is 24.9. The van der Waals surface area contributed by atoms with Crippen LogP contribution in [0, 0.1) is 5.92 Å². The molecule has 2 aromatic rings. The summed E-state index contributed by atoms with van der Waals surface area (Å²) in [6.45, 7) is 2.25. The normalized spacial score (nSPS) is 24.2. The second-order valence-corrected chi connectivity index (χ2v) is 10.2. The highest BCUT2D eigenvalue weighted by Crippen LogP contribution is 2.42. The van der Waals surface area contributed by atoms with Gasteiger partial charge in [-0.25, -0.2) is 8.42 Å². The van der Waals surface area contributed by atoms with Crippen molar-refractivity contribution < 1.29 is 13.2 Å². The van der Waals surface area contributed by atoms with Gasteiger partial charge in [0.15, 0.2) is 9.84 Å². The van der Waals surface area contributed by atoms with Crippen molar-refractivity contribution in [1.29, 1.82) is 0 Å². The first-order valence-corrected chi connectivity index (χ1v) is 11.2. The van der Waals surface area contributed by atoms with Crippen LogP contribution in [0.25, 0.3) is 10.4 Å². The fourth-order valence-electron chi connectivity index (χ4n) is 3.74. The number of nitrogens with one attached hydrogen (secondary N) is 1. The summed E-state index contributed by atoms with van der Waals surface area (Å²) in [6, 6.07) is 9.05. The number of amides is 1. The average Bonchev–Trinajstić information content (AvgIpc) is 3.00. The molecule has 1 fully saturated rings. The minimum atomic E-state index is -3.33. The smallest absolute Gasteiger partial charge is 0.261 e. The van der Waals surface area contributed by atoms with Crippen LogP contribution in [0.2, 0.25) is 0 Å². The van der Waals surface area contributed by atoms with Gasteiger partial charge in [0.2, 0.25) is 0 Å². The van der Waals surface area contributed by atoms with Crippen LogP contribution in [-0.2, 0) is 15.6 Å². The van der Waals surface area contributed by atoms with Crippen LogP contribution in [0.3, 0.4) is 0 Å². The molecular formula is C19H21NO3S2. The van der Waals surface area contributed by atoms with Gasteiger partial charge < -0.3 is 5.32 Å². The Hall–Kier alpha value is -1.66. The molecule has 1 aromatic carbocycles. The van der Waals surface area contributed by atoms with Crippen LogP contribution in [0.1, 0.15) is 47.8 Å². The SMILES string of the molecule is CC1CCC(NC(=O)c2cc3c(s2)-c2ccccc2S(=O)(=O)C3)CC1. The van der Waals surface area contributed by atoms with Gasteiger partial charge in [0, 0.05) is 16.5 Å². The summed E-state index contributed by atoms with van der Waals surface area (Å²) in [5.74, 6) is 0.641. The van der Waals surface area contributed by atoms with Gasteiger partial charge in [0.25, 0.3) is 5.91 Å². The van der Waals surface area contributed by atoms with Crippen molar-refractivity contribution in [2.24, 2.45) is 5.92 Å². The van der Waals surface area contributed by atoms with Crippen molar-refractivity contribution in [3.8, 4) is 10.4 Å². The Labute approximate surface area is 152 Å². The van der Waals surface area contributed by atoms with Crippen molar-refractivity contribution >= 4 is 27.1 Å². The number of thiophene rings is 1. The van der Waals surface area contributed by atoms with Crippen LogP contribution >= 0.6 is 11.3 Å². The molecular weight excluding hydrogens is 354 g/mol. The molecule has 2 heterocycles. The Morgan fingerprint density at radius 1 is 1.16 bits per heavy atom. The van der Waals surface area contributed by atoms with E-state index in [0.717, 1.165) is 47.6 Å². The zero-order valence-corrected chi connectivity index (χ0v) is 15.8. The lowest BCUT2D eigenvalue weighted by atomic mass is 9.87. The van der Waals surface area contributed by atoms with Crippen molar-refractivity contribution in [3.63, 3.8) is 0 Å². The minimum Gasteiger partial charge on any atom is -0.349 e. The number of hydrogen-bond acceptors (Lipinski definition) is 4. The largest absolute Gasteiger partial charge is 0.349 e. The van der Waals surface area contributed by atoms with Crippen LogP contribution < -0.4 is 5.32 Å². The highest BCUT2D eigenvalue weighted by molar-refractivity contribution is 7.91. The molecule has 4 nitrogen and oxygen atoms in total. The Kier molecular flexibility index (Phi) is 4.20. The van der Waals surface area contributed by atoms with Crippen LogP contribution in [0.5, 0.6) is 0 Å². The zero-order valence-electron chi connectivity index (χ0n) is 14.1. The molecule has 1 aromatic heterocycles. The lowest BCUT2D eigenvalue weighted by Crippen LogP contribution is -2.36. The molecule has 1 amide bonds. The monoisotopic (exact) mass is 375 g/mol. The standard InChI is InChI=1S/C19H21NO3S2/c1-12-6-8-14(9-7-12)20-19(21)16-10-13-11-25(22,23)17-5-3-2-4-15(17)18(13)24-16/h2-5,10,12,14H,6-9,11H2,1H3,(H,20,21). The van der Waals surface area contributed by atoms with E-state index in [1.54, 1.807) is 18.2 Å². The molecule has 0 atom stereocenters. The maximum atomic E-state index is 12.6. The Balaban J connectivity index is 1.61. The van der Waals surface area contributed by atoms with Crippen molar-refractivity contribution in [1.82, 2.24) is 5.32 Å². The maximum Gasteiger partial charge on any atom is 0.261 e. The second-order valence-electron chi connectivity index (χ2n) is 7.15. The maximum absolute atomic E-state index is 12.6. The molecule has 6 heteroatoms. The fourth-order valence-corrected chi connectivity index (χ4v) is 6.61. The molecule has 0 radical (unpaired) electrons. The van der Waals surface area contributed by atoms with E-state index in [9.17, 15) is 13.2 Å². The molecule has 0 unspecified atom stereocenters. The molecule has 1 N–H and O–H groups in total. The molecule has 0 bridgehead atoms. The Bertz CT molecular complexity index is 922. The first kappa shape index (κ1) is 16.8. The van der Waals surface area contributed by atoms with Gasteiger partial charge in [0.05, 0.1) is 15.5 Å². The molecule has 132 valence electrons. The lowest BCUT2D eigenvalue weighted by Gasteiger charge is -2.26. The predicted molar refractivity (Wildman–Crippen MR) is 99.5 cm³/mol. The minimum absolute atomic E-state index is 0.0237. The number of carbonyl (C=O) groups excluding carboxylic acids is 1. The van der Waals surface area contributed by atoms with E-state index in [0.29, 0.717) is 9.77 Å². The number of hydrogen-bond donors (Lipinski definition) is 1. The highest BCUT2D eigenvalue weighted by atomic mass is 32.2. The molecule has 1 aliphatic carbocycles. The van der Waals surface area contributed by atoms with Crippen molar-refractivity contribution in [2.75, 3.05) is 0 Å². The second kappa shape index (κ2) is 6.25. The summed E-state index contributed by atoms with van der Waals surface area (Å²) in [5.41, 5.74) is 1.46. The van der Waals surface area contributed by atoms with E-state index in [-0.39, 0.29) is 17.7 Å². The third-order valence-electron chi connectivity index (χ3n) is 5.20. The number of carbonyl (C=O) groups is 1. The lowest BCUT2D eigenvalue weighted by molar-refractivity contribution is 0.0927. The molecule has 0 saturated heterocycles. The molecule has 1 aliphatic heterocycles. The van der Waals surface area contributed by atoms with Gasteiger partial charge in [-0.3, -0.25) is 4.79 Å². The van der Waals surface area contributed by atoms with Gasteiger partial charge in [-0.1, -0.05) is 25.1 Å². The average molecular weight is 376 g/mol. The summed E-state index contributed by atoms with van der Waals surface area (Å²) >= 11 is 1.40. The van der Waals surface area contributed by atoms with E-state index in [2.05, 4.69) is 12.2 Å². The van der Waals surface area contributed by atoms with Crippen molar-refractivity contribution in [2.45, 2.75) is 49.3 Å². The molecule has 0 spiro atoms. The van der Waals surface area contributed by atoms with Gasteiger partial charge in [0.1, 0.15) is 0 Å². The van der Waals surface area contributed by atoms with Crippen LogP contribution in [0.4, 0.5) is 0 Å².